The molecule has 0 aromatic carbocycles. The monoisotopic (exact) mass is 257 g/mol. The van der Waals surface area contributed by atoms with Crippen LogP contribution < -0.4 is 16.0 Å². The van der Waals surface area contributed by atoms with Crippen LogP contribution in [0, 0.1) is 0 Å². The summed E-state index contributed by atoms with van der Waals surface area (Å²) in [6, 6.07) is 0.705. The molecule has 0 aromatic heterocycles. The van der Waals surface area contributed by atoms with Crippen LogP contribution >= 0.6 is 0 Å². The number of carbonyl (C=O) groups excluding carboxylic acids is 1. The van der Waals surface area contributed by atoms with Gasteiger partial charge in [-0.3, -0.25) is 4.79 Å². The van der Waals surface area contributed by atoms with Gasteiger partial charge >= 0.3 is 0 Å². The van der Waals surface area contributed by atoms with Gasteiger partial charge in [-0.15, -0.1) is 0 Å². The van der Waals surface area contributed by atoms with Crippen molar-refractivity contribution in [2.45, 2.75) is 58.3 Å². The molecule has 5 nitrogen and oxygen atoms in total. The highest BCUT2D eigenvalue weighted by molar-refractivity contribution is 5.81. The van der Waals surface area contributed by atoms with Crippen molar-refractivity contribution in [2.75, 3.05) is 19.8 Å². The third kappa shape index (κ3) is 5.80. The Balaban J connectivity index is 2.25. The molecule has 1 rings (SSSR count). The topological polar surface area (TPSA) is 62.4 Å². The van der Waals surface area contributed by atoms with Crippen molar-refractivity contribution >= 4 is 5.91 Å². The van der Waals surface area contributed by atoms with Crippen LogP contribution in [0.25, 0.3) is 0 Å². The van der Waals surface area contributed by atoms with Gasteiger partial charge in [0.2, 0.25) is 5.91 Å². The number of ether oxygens (including phenoxy) is 1. The number of nitrogens with one attached hydrogen (secondary N) is 3. The maximum absolute atomic E-state index is 11.8. The Morgan fingerprint density at radius 2 is 2.11 bits per heavy atom. The average Bonchev–Trinajstić information content (AvgIpc) is 2.29. The Hall–Kier alpha value is -0.650. The van der Waals surface area contributed by atoms with Gasteiger partial charge in [-0.2, -0.15) is 0 Å². The van der Waals surface area contributed by atoms with E-state index in [2.05, 4.69) is 22.9 Å². The van der Waals surface area contributed by atoms with E-state index in [0.717, 1.165) is 26.2 Å². The van der Waals surface area contributed by atoms with Crippen LogP contribution in [0.1, 0.15) is 34.1 Å². The zero-order chi connectivity index (χ0) is 13.5. The van der Waals surface area contributed by atoms with Crippen molar-refractivity contribution in [1.82, 2.24) is 16.0 Å². The second kappa shape index (κ2) is 7.71. The fraction of sp³-hybridized carbons (Fsp3) is 0.923. The lowest BCUT2D eigenvalue weighted by Gasteiger charge is -2.28. The summed E-state index contributed by atoms with van der Waals surface area (Å²) < 4.78 is 5.42. The van der Waals surface area contributed by atoms with Crippen molar-refractivity contribution in [1.29, 1.82) is 0 Å². The van der Waals surface area contributed by atoms with Crippen LogP contribution in [-0.2, 0) is 9.53 Å². The number of amides is 1. The van der Waals surface area contributed by atoms with E-state index in [1.165, 1.54) is 0 Å². The number of carbonyl (C=O) groups is 1. The summed E-state index contributed by atoms with van der Waals surface area (Å²) in [6.07, 6.45) is 0.972. The normalized spacial score (nSPS) is 23.7. The summed E-state index contributed by atoms with van der Waals surface area (Å²) in [6.45, 7) is 10.4. The molecule has 0 saturated carbocycles. The van der Waals surface area contributed by atoms with Gasteiger partial charge < -0.3 is 20.7 Å². The van der Waals surface area contributed by atoms with Gasteiger partial charge in [0.05, 0.1) is 19.3 Å². The first-order valence-electron chi connectivity index (χ1n) is 6.86. The molecule has 0 radical (unpaired) electrons. The SMILES string of the molecule is CC(C)NC(=O)C(C)NC(C)CC1COCCN1. The Labute approximate surface area is 110 Å². The van der Waals surface area contributed by atoms with E-state index in [4.69, 9.17) is 4.74 Å². The van der Waals surface area contributed by atoms with Crippen LogP contribution in [-0.4, -0.2) is 49.8 Å². The first kappa shape index (κ1) is 15.4. The predicted octanol–water partition coefficient (Wildman–Crippen LogP) is 0.256. The Morgan fingerprint density at radius 3 is 2.67 bits per heavy atom. The maximum atomic E-state index is 11.8. The van der Waals surface area contributed by atoms with E-state index in [1.807, 2.05) is 20.8 Å². The molecular formula is C13H27N3O2. The van der Waals surface area contributed by atoms with Gasteiger partial charge in [-0.25, -0.2) is 0 Å². The van der Waals surface area contributed by atoms with E-state index >= 15 is 0 Å². The molecule has 0 spiro atoms. The summed E-state index contributed by atoms with van der Waals surface area (Å²) in [5.41, 5.74) is 0. The first-order chi connectivity index (χ1) is 8.49. The molecule has 0 aromatic rings. The van der Waals surface area contributed by atoms with Gasteiger partial charge in [-0.05, 0) is 34.1 Å². The highest BCUT2D eigenvalue weighted by Gasteiger charge is 2.20. The largest absolute Gasteiger partial charge is 0.379 e. The Bertz CT molecular complexity index is 253. The van der Waals surface area contributed by atoms with Gasteiger partial charge in [0.15, 0.2) is 0 Å². The quantitative estimate of drug-likeness (QED) is 0.638. The highest BCUT2D eigenvalue weighted by Crippen LogP contribution is 2.03. The van der Waals surface area contributed by atoms with Gasteiger partial charge in [0, 0.05) is 24.7 Å². The number of hydrogen-bond donors (Lipinski definition) is 3. The summed E-state index contributed by atoms with van der Waals surface area (Å²) in [7, 11) is 0. The minimum absolute atomic E-state index is 0.0599. The van der Waals surface area contributed by atoms with E-state index in [0.29, 0.717) is 6.04 Å². The fourth-order valence-electron chi connectivity index (χ4n) is 2.18. The first-order valence-corrected chi connectivity index (χ1v) is 6.86. The smallest absolute Gasteiger partial charge is 0.237 e. The molecule has 1 aliphatic heterocycles. The molecule has 106 valence electrons. The maximum Gasteiger partial charge on any atom is 0.237 e. The molecule has 1 fully saturated rings. The third-order valence-electron chi connectivity index (χ3n) is 3.00. The molecule has 3 atom stereocenters. The molecule has 3 N–H and O–H groups in total. The Morgan fingerprint density at radius 1 is 1.39 bits per heavy atom. The third-order valence-corrected chi connectivity index (χ3v) is 3.00. The van der Waals surface area contributed by atoms with Crippen LogP contribution in [0.5, 0.6) is 0 Å². The number of rotatable bonds is 6. The molecule has 0 bridgehead atoms. The molecule has 1 heterocycles. The van der Waals surface area contributed by atoms with Crippen molar-refractivity contribution in [3.05, 3.63) is 0 Å². The molecule has 1 amide bonds. The fourth-order valence-corrected chi connectivity index (χ4v) is 2.18. The van der Waals surface area contributed by atoms with Gasteiger partial charge in [-0.1, -0.05) is 0 Å². The lowest BCUT2D eigenvalue weighted by atomic mass is 10.1. The highest BCUT2D eigenvalue weighted by atomic mass is 16.5. The number of morpholine rings is 1. The molecule has 18 heavy (non-hydrogen) atoms. The van der Waals surface area contributed by atoms with Gasteiger partial charge in [0.25, 0.3) is 0 Å². The average molecular weight is 257 g/mol. The Kier molecular flexibility index (Phi) is 6.60. The van der Waals surface area contributed by atoms with E-state index in [1.54, 1.807) is 0 Å². The molecule has 5 heteroatoms. The summed E-state index contributed by atoms with van der Waals surface area (Å²) in [5.74, 6) is 0.0599. The van der Waals surface area contributed by atoms with E-state index in [-0.39, 0.29) is 24.0 Å². The van der Waals surface area contributed by atoms with E-state index < -0.39 is 0 Å². The second-order valence-corrected chi connectivity index (χ2v) is 5.41. The molecule has 1 saturated heterocycles. The zero-order valence-electron chi connectivity index (χ0n) is 12.0. The van der Waals surface area contributed by atoms with Crippen molar-refractivity contribution in [3.63, 3.8) is 0 Å². The molecule has 3 unspecified atom stereocenters. The molecule has 0 aliphatic carbocycles. The summed E-state index contributed by atoms with van der Waals surface area (Å²) in [5, 5.41) is 9.65. The standard InChI is InChI=1S/C13H27N3O2/c1-9(2)15-13(17)11(4)16-10(3)7-12-8-18-6-5-14-12/h9-12,14,16H,5-8H2,1-4H3,(H,15,17). The lowest BCUT2D eigenvalue weighted by Crippen LogP contribution is -2.50. The van der Waals surface area contributed by atoms with Crippen LogP contribution in [0.15, 0.2) is 0 Å². The lowest BCUT2D eigenvalue weighted by molar-refractivity contribution is -0.123. The minimum Gasteiger partial charge on any atom is -0.379 e. The van der Waals surface area contributed by atoms with Crippen molar-refractivity contribution < 1.29 is 9.53 Å². The van der Waals surface area contributed by atoms with Crippen LogP contribution in [0.4, 0.5) is 0 Å². The molecule has 1 aliphatic rings. The zero-order valence-corrected chi connectivity index (χ0v) is 12.0. The van der Waals surface area contributed by atoms with Crippen molar-refractivity contribution in [2.24, 2.45) is 0 Å². The van der Waals surface area contributed by atoms with Crippen molar-refractivity contribution in [3.8, 4) is 0 Å². The number of hydrogen-bond acceptors (Lipinski definition) is 4. The van der Waals surface area contributed by atoms with E-state index in [9.17, 15) is 4.79 Å². The summed E-state index contributed by atoms with van der Waals surface area (Å²) >= 11 is 0. The molecular weight excluding hydrogens is 230 g/mol. The van der Waals surface area contributed by atoms with Crippen LogP contribution in [0.3, 0.4) is 0 Å². The minimum atomic E-state index is -0.160. The van der Waals surface area contributed by atoms with Crippen LogP contribution in [0.2, 0.25) is 0 Å². The second-order valence-electron chi connectivity index (χ2n) is 5.41. The predicted molar refractivity (Wildman–Crippen MR) is 72.6 cm³/mol. The van der Waals surface area contributed by atoms with Gasteiger partial charge in [0.1, 0.15) is 0 Å². The summed E-state index contributed by atoms with van der Waals surface area (Å²) in [4.78, 5) is 11.8.